The Morgan fingerprint density at radius 1 is 1.22 bits per heavy atom. The van der Waals surface area contributed by atoms with E-state index < -0.39 is 6.10 Å². The smallest absolute Gasteiger partial charge is 0.256 e. The van der Waals surface area contributed by atoms with E-state index in [1.54, 1.807) is 4.90 Å². The summed E-state index contributed by atoms with van der Waals surface area (Å²) < 4.78 is 5.38. The van der Waals surface area contributed by atoms with Gasteiger partial charge in [0.15, 0.2) is 0 Å². The Balaban J connectivity index is 1.77. The molecular weight excluding hydrogens is 296 g/mol. The number of likely N-dealkylation sites (tertiary alicyclic amines) is 1. The molecule has 3 rings (SSSR count). The molecule has 1 amide bonds. The second-order valence-corrected chi connectivity index (χ2v) is 6.17. The van der Waals surface area contributed by atoms with Crippen molar-refractivity contribution in [1.29, 1.82) is 0 Å². The second-order valence-electron chi connectivity index (χ2n) is 6.17. The van der Waals surface area contributed by atoms with E-state index in [0.29, 0.717) is 31.7 Å². The van der Waals surface area contributed by atoms with Crippen molar-refractivity contribution in [2.75, 3.05) is 50.9 Å². The van der Waals surface area contributed by atoms with Crippen LogP contribution in [-0.2, 0) is 4.74 Å². The van der Waals surface area contributed by atoms with Crippen molar-refractivity contribution in [1.82, 2.24) is 4.90 Å². The van der Waals surface area contributed by atoms with Crippen molar-refractivity contribution in [2.45, 2.75) is 12.5 Å². The van der Waals surface area contributed by atoms with Crippen LogP contribution in [0.5, 0.6) is 0 Å². The van der Waals surface area contributed by atoms with Crippen molar-refractivity contribution >= 4 is 11.6 Å². The number of aliphatic hydroxyl groups is 2. The quantitative estimate of drug-likeness (QED) is 0.840. The minimum Gasteiger partial charge on any atom is -0.396 e. The van der Waals surface area contributed by atoms with Crippen LogP contribution in [0, 0.1) is 5.92 Å². The Hall–Kier alpha value is -1.63. The van der Waals surface area contributed by atoms with E-state index in [-0.39, 0.29) is 25.0 Å². The SMILES string of the molecule is O=C(c1ccccc1N1CCOCC1)N1CC[C@H](CO)[C@H](O)C1. The molecule has 23 heavy (non-hydrogen) atoms. The predicted molar refractivity (Wildman–Crippen MR) is 86.6 cm³/mol. The zero-order valence-electron chi connectivity index (χ0n) is 13.2. The van der Waals surface area contributed by atoms with E-state index in [0.717, 1.165) is 18.8 Å². The molecule has 0 bridgehead atoms. The molecule has 2 aliphatic heterocycles. The number of morpholine rings is 1. The number of hydrogen-bond donors (Lipinski definition) is 2. The minimum absolute atomic E-state index is 0.0342. The van der Waals surface area contributed by atoms with Crippen molar-refractivity contribution < 1.29 is 19.7 Å². The molecule has 2 heterocycles. The van der Waals surface area contributed by atoms with Crippen LogP contribution >= 0.6 is 0 Å². The molecule has 1 aromatic rings. The lowest BCUT2D eigenvalue weighted by Crippen LogP contribution is -2.48. The normalized spacial score (nSPS) is 25.5. The summed E-state index contributed by atoms with van der Waals surface area (Å²) in [5.74, 6) is -0.184. The Kier molecular flexibility index (Phi) is 5.15. The van der Waals surface area contributed by atoms with Crippen LogP contribution in [0.15, 0.2) is 24.3 Å². The fourth-order valence-corrected chi connectivity index (χ4v) is 3.28. The number of anilines is 1. The van der Waals surface area contributed by atoms with Crippen LogP contribution in [0.25, 0.3) is 0 Å². The maximum atomic E-state index is 12.9. The number of rotatable bonds is 3. The first-order valence-corrected chi connectivity index (χ1v) is 8.20. The number of aliphatic hydroxyl groups excluding tert-OH is 2. The first kappa shape index (κ1) is 16.2. The van der Waals surface area contributed by atoms with E-state index in [1.807, 2.05) is 24.3 Å². The molecule has 0 saturated carbocycles. The topological polar surface area (TPSA) is 73.2 Å². The van der Waals surface area contributed by atoms with Crippen molar-refractivity contribution in [3.63, 3.8) is 0 Å². The largest absolute Gasteiger partial charge is 0.396 e. The number of β-amino-alcohol motifs (C(OH)–C–C–N with tert-alkyl or cyclic N) is 1. The Bertz CT molecular complexity index is 545. The molecule has 0 spiro atoms. The summed E-state index contributed by atoms with van der Waals surface area (Å²) in [6, 6.07) is 7.62. The molecule has 2 atom stereocenters. The van der Waals surface area contributed by atoms with Gasteiger partial charge in [-0.25, -0.2) is 0 Å². The number of amides is 1. The van der Waals surface area contributed by atoms with Crippen molar-refractivity contribution in [3.05, 3.63) is 29.8 Å². The highest BCUT2D eigenvalue weighted by Crippen LogP contribution is 2.25. The minimum atomic E-state index is -0.659. The summed E-state index contributed by atoms with van der Waals surface area (Å²) in [6.07, 6.45) is -0.0309. The second kappa shape index (κ2) is 7.29. The maximum Gasteiger partial charge on any atom is 0.256 e. The van der Waals surface area contributed by atoms with Crippen LogP contribution < -0.4 is 4.90 Å². The van der Waals surface area contributed by atoms with Gasteiger partial charge in [0.05, 0.1) is 24.9 Å². The van der Waals surface area contributed by atoms with E-state index in [4.69, 9.17) is 4.74 Å². The standard InChI is InChI=1S/C17H24N2O4/c20-12-13-5-6-19(11-16(13)21)17(22)14-3-1-2-4-15(14)18-7-9-23-10-8-18/h1-4,13,16,20-21H,5-12H2/t13-,16-/m1/s1. The van der Waals surface area contributed by atoms with Crippen LogP contribution in [0.4, 0.5) is 5.69 Å². The zero-order valence-corrected chi connectivity index (χ0v) is 13.2. The third-order valence-corrected chi connectivity index (χ3v) is 4.73. The van der Waals surface area contributed by atoms with Crippen LogP contribution in [0.1, 0.15) is 16.8 Å². The number of ether oxygens (including phenoxy) is 1. The van der Waals surface area contributed by atoms with Gasteiger partial charge in [-0.2, -0.15) is 0 Å². The zero-order chi connectivity index (χ0) is 16.2. The van der Waals surface area contributed by atoms with Crippen LogP contribution in [0.3, 0.4) is 0 Å². The molecule has 0 aromatic heterocycles. The van der Waals surface area contributed by atoms with Gasteiger partial charge in [-0.3, -0.25) is 4.79 Å². The van der Waals surface area contributed by atoms with Gasteiger partial charge >= 0.3 is 0 Å². The van der Waals surface area contributed by atoms with Crippen molar-refractivity contribution in [2.24, 2.45) is 5.92 Å². The number of carbonyl (C=O) groups is 1. The molecular formula is C17H24N2O4. The van der Waals surface area contributed by atoms with Gasteiger partial charge < -0.3 is 24.7 Å². The predicted octanol–water partition coefficient (Wildman–Crippen LogP) is 0.338. The number of nitrogens with zero attached hydrogens (tertiary/aromatic N) is 2. The molecule has 2 N–H and O–H groups in total. The molecule has 2 fully saturated rings. The molecule has 0 unspecified atom stereocenters. The average molecular weight is 320 g/mol. The molecule has 126 valence electrons. The van der Waals surface area contributed by atoms with Gasteiger partial charge in [0, 0.05) is 44.4 Å². The summed E-state index contributed by atoms with van der Waals surface area (Å²) >= 11 is 0. The molecule has 2 saturated heterocycles. The van der Waals surface area contributed by atoms with Gasteiger partial charge in [-0.15, -0.1) is 0 Å². The fourth-order valence-electron chi connectivity index (χ4n) is 3.28. The lowest BCUT2D eigenvalue weighted by Gasteiger charge is -2.36. The highest BCUT2D eigenvalue weighted by Gasteiger charge is 2.31. The fraction of sp³-hybridized carbons (Fsp3) is 0.588. The third kappa shape index (κ3) is 3.49. The Morgan fingerprint density at radius 3 is 2.65 bits per heavy atom. The molecule has 6 nitrogen and oxygen atoms in total. The van der Waals surface area contributed by atoms with E-state index in [9.17, 15) is 15.0 Å². The third-order valence-electron chi connectivity index (χ3n) is 4.73. The first-order valence-electron chi connectivity index (χ1n) is 8.20. The number of para-hydroxylation sites is 1. The lowest BCUT2D eigenvalue weighted by molar-refractivity contribution is 0.000888. The number of piperidine rings is 1. The van der Waals surface area contributed by atoms with E-state index >= 15 is 0 Å². The highest BCUT2D eigenvalue weighted by atomic mass is 16.5. The molecule has 6 heteroatoms. The van der Waals surface area contributed by atoms with Crippen LogP contribution in [-0.4, -0.2) is 73.1 Å². The Labute approximate surface area is 136 Å². The molecule has 2 aliphatic rings. The maximum absolute atomic E-state index is 12.9. The Morgan fingerprint density at radius 2 is 1.96 bits per heavy atom. The molecule has 1 aromatic carbocycles. The van der Waals surface area contributed by atoms with Gasteiger partial charge in [0.2, 0.25) is 0 Å². The number of benzene rings is 1. The monoisotopic (exact) mass is 320 g/mol. The molecule has 0 radical (unpaired) electrons. The van der Waals surface area contributed by atoms with Crippen LogP contribution in [0.2, 0.25) is 0 Å². The summed E-state index contributed by atoms with van der Waals surface area (Å²) in [5.41, 5.74) is 1.60. The summed E-state index contributed by atoms with van der Waals surface area (Å²) in [4.78, 5) is 16.8. The van der Waals surface area contributed by atoms with Gasteiger partial charge in [-0.1, -0.05) is 12.1 Å². The van der Waals surface area contributed by atoms with Gasteiger partial charge in [0.1, 0.15) is 0 Å². The number of carbonyl (C=O) groups excluding carboxylic acids is 1. The van der Waals surface area contributed by atoms with Gasteiger partial charge in [0.25, 0.3) is 5.91 Å². The molecule has 0 aliphatic carbocycles. The highest BCUT2D eigenvalue weighted by molar-refractivity contribution is 6.00. The summed E-state index contributed by atoms with van der Waals surface area (Å²) in [7, 11) is 0. The van der Waals surface area contributed by atoms with Gasteiger partial charge in [-0.05, 0) is 18.6 Å². The summed E-state index contributed by atoms with van der Waals surface area (Å²) in [5, 5.41) is 19.3. The van der Waals surface area contributed by atoms with E-state index in [2.05, 4.69) is 4.90 Å². The lowest BCUT2D eigenvalue weighted by atomic mass is 9.94. The first-order chi connectivity index (χ1) is 11.2. The average Bonchev–Trinajstić information content (AvgIpc) is 2.62. The van der Waals surface area contributed by atoms with E-state index in [1.165, 1.54) is 0 Å². The summed E-state index contributed by atoms with van der Waals surface area (Å²) in [6.45, 7) is 3.71. The number of hydrogen-bond acceptors (Lipinski definition) is 5. The van der Waals surface area contributed by atoms with Crippen molar-refractivity contribution in [3.8, 4) is 0 Å².